The molecule has 26 heavy (non-hydrogen) atoms. The Balaban J connectivity index is 1.43. The number of amides is 1. The van der Waals surface area contributed by atoms with Crippen molar-refractivity contribution in [2.24, 2.45) is 5.92 Å². The van der Waals surface area contributed by atoms with Crippen LogP contribution in [0.25, 0.3) is 17.1 Å². The van der Waals surface area contributed by atoms with Gasteiger partial charge in [0.15, 0.2) is 5.13 Å². The summed E-state index contributed by atoms with van der Waals surface area (Å²) >= 11 is 1.60. The zero-order valence-corrected chi connectivity index (χ0v) is 15.4. The van der Waals surface area contributed by atoms with Gasteiger partial charge in [-0.3, -0.25) is 15.1 Å². The molecule has 3 aromatic rings. The third kappa shape index (κ3) is 3.65. The number of anilines is 1. The minimum atomic E-state index is -0.196. The van der Waals surface area contributed by atoms with Gasteiger partial charge < -0.3 is 0 Å². The van der Waals surface area contributed by atoms with Gasteiger partial charge in [-0.1, -0.05) is 25.5 Å². The van der Waals surface area contributed by atoms with Gasteiger partial charge in [0.25, 0.3) is 0 Å². The molecule has 1 amide bonds. The Morgan fingerprint density at radius 1 is 1.31 bits per heavy atom. The normalized spacial score (nSPS) is 16.7. The number of carbonyl (C=O) groups is 1. The smallest absolute Gasteiger partial charge is 0.250 e. The lowest BCUT2D eigenvalue weighted by Gasteiger charge is -2.18. The number of hydrogen-bond donors (Lipinski definition) is 1. The molecule has 0 bridgehead atoms. The minimum Gasteiger partial charge on any atom is -0.298 e. The Kier molecular flexibility index (Phi) is 4.75. The molecule has 0 saturated carbocycles. The van der Waals surface area contributed by atoms with Crippen molar-refractivity contribution >= 4 is 39.5 Å². The van der Waals surface area contributed by atoms with Crippen LogP contribution < -0.4 is 5.32 Å². The third-order valence-corrected chi connectivity index (χ3v) is 5.76. The maximum absolute atomic E-state index is 12.2. The largest absolute Gasteiger partial charge is 0.298 e. The van der Waals surface area contributed by atoms with Crippen molar-refractivity contribution in [1.29, 1.82) is 0 Å². The summed E-state index contributed by atoms with van der Waals surface area (Å²) in [6.45, 7) is 2.24. The molecular weight excluding hydrogens is 344 g/mol. The van der Waals surface area contributed by atoms with Crippen molar-refractivity contribution in [3.05, 3.63) is 52.8 Å². The molecule has 0 aliphatic heterocycles. The van der Waals surface area contributed by atoms with Crippen LogP contribution in [-0.4, -0.2) is 20.9 Å². The lowest BCUT2D eigenvalue weighted by molar-refractivity contribution is -0.111. The first-order chi connectivity index (χ1) is 12.7. The molecular formula is C20H20N4OS. The summed E-state index contributed by atoms with van der Waals surface area (Å²) in [6.07, 6.45) is 9.32. The van der Waals surface area contributed by atoms with E-state index in [0.717, 1.165) is 35.5 Å². The number of nitrogens with zero attached hydrogens (tertiary/aromatic N) is 3. The first kappa shape index (κ1) is 16.8. The molecule has 1 N–H and O–H groups in total. The van der Waals surface area contributed by atoms with E-state index in [9.17, 15) is 4.79 Å². The van der Waals surface area contributed by atoms with Crippen LogP contribution in [-0.2, 0) is 17.6 Å². The Hall–Kier alpha value is -2.60. The number of aromatic nitrogens is 3. The summed E-state index contributed by atoms with van der Waals surface area (Å²) < 4.78 is 0. The molecule has 1 aromatic carbocycles. The van der Waals surface area contributed by atoms with Gasteiger partial charge in [0.05, 0.1) is 28.6 Å². The van der Waals surface area contributed by atoms with Gasteiger partial charge in [0.1, 0.15) is 0 Å². The summed E-state index contributed by atoms with van der Waals surface area (Å²) in [4.78, 5) is 26.9. The van der Waals surface area contributed by atoms with Crippen molar-refractivity contribution in [2.45, 2.75) is 32.6 Å². The fourth-order valence-electron chi connectivity index (χ4n) is 3.21. The zero-order chi connectivity index (χ0) is 17.9. The molecule has 0 saturated heterocycles. The van der Waals surface area contributed by atoms with Gasteiger partial charge in [0.2, 0.25) is 5.91 Å². The summed E-state index contributed by atoms with van der Waals surface area (Å²) in [6, 6.07) is 7.67. The summed E-state index contributed by atoms with van der Waals surface area (Å²) in [5.41, 5.74) is 3.46. The van der Waals surface area contributed by atoms with E-state index in [4.69, 9.17) is 0 Å². The highest BCUT2D eigenvalue weighted by Crippen LogP contribution is 2.33. The van der Waals surface area contributed by atoms with Gasteiger partial charge in [-0.25, -0.2) is 9.97 Å². The van der Waals surface area contributed by atoms with E-state index in [1.165, 1.54) is 23.8 Å². The molecule has 1 aliphatic rings. The number of benzene rings is 1. The van der Waals surface area contributed by atoms with Crippen LogP contribution in [0.15, 0.2) is 36.5 Å². The second kappa shape index (κ2) is 7.33. The molecule has 4 rings (SSSR count). The molecule has 2 aromatic heterocycles. The fraction of sp³-hybridized carbons (Fsp3) is 0.300. The molecule has 0 radical (unpaired) electrons. The molecule has 2 heterocycles. The van der Waals surface area contributed by atoms with Crippen LogP contribution in [0.4, 0.5) is 5.13 Å². The van der Waals surface area contributed by atoms with Crippen molar-refractivity contribution in [1.82, 2.24) is 15.0 Å². The van der Waals surface area contributed by atoms with E-state index in [1.807, 2.05) is 24.3 Å². The molecule has 0 fully saturated rings. The average molecular weight is 364 g/mol. The molecule has 1 atom stereocenters. The third-order valence-electron chi connectivity index (χ3n) is 4.72. The van der Waals surface area contributed by atoms with Crippen LogP contribution in [0.3, 0.4) is 0 Å². The van der Waals surface area contributed by atoms with Gasteiger partial charge >= 0.3 is 0 Å². The van der Waals surface area contributed by atoms with Crippen LogP contribution in [0, 0.1) is 5.92 Å². The van der Waals surface area contributed by atoms with E-state index >= 15 is 0 Å². The van der Waals surface area contributed by atoms with Crippen molar-refractivity contribution in [3.63, 3.8) is 0 Å². The highest BCUT2D eigenvalue weighted by Gasteiger charge is 2.21. The molecule has 5 nitrogen and oxygen atoms in total. The van der Waals surface area contributed by atoms with Crippen LogP contribution in [0.1, 0.15) is 36.0 Å². The molecule has 6 heteroatoms. The zero-order valence-electron chi connectivity index (χ0n) is 14.6. The number of para-hydroxylation sites is 2. The van der Waals surface area contributed by atoms with Crippen LogP contribution >= 0.6 is 11.3 Å². The number of fused-ring (bicyclic) bond motifs is 2. The number of hydrogen-bond acceptors (Lipinski definition) is 5. The summed E-state index contributed by atoms with van der Waals surface area (Å²) in [7, 11) is 0. The van der Waals surface area contributed by atoms with E-state index < -0.39 is 0 Å². The highest BCUT2D eigenvalue weighted by molar-refractivity contribution is 7.15. The Bertz CT molecular complexity index is 979. The first-order valence-corrected chi connectivity index (χ1v) is 9.72. The molecule has 0 spiro atoms. The Morgan fingerprint density at radius 3 is 3.00 bits per heavy atom. The van der Waals surface area contributed by atoms with E-state index in [-0.39, 0.29) is 5.91 Å². The van der Waals surface area contributed by atoms with Crippen LogP contribution in [0.2, 0.25) is 0 Å². The quantitative estimate of drug-likeness (QED) is 0.703. The molecule has 132 valence electrons. The molecule has 1 unspecified atom stereocenters. The number of carbonyl (C=O) groups excluding carboxylic acids is 1. The molecule has 1 aliphatic carbocycles. The van der Waals surface area contributed by atoms with Crippen molar-refractivity contribution in [3.8, 4) is 0 Å². The van der Waals surface area contributed by atoms with Crippen molar-refractivity contribution in [2.75, 3.05) is 5.32 Å². The summed E-state index contributed by atoms with van der Waals surface area (Å²) in [5.74, 6) is 0.552. The standard InChI is InChI=1S/C20H20N4OS/c1-2-13-7-9-17-18(11-13)26-20(23-17)24-19(25)10-8-14-12-21-15-5-3-4-6-16(15)22-14/h3-6,8,10,12-13H,2,7,9,11H2,1H3,(H,23,24,25)/b10-8+. The average Bonchev–Trinajstić information content (AvgIpc) is 3.07. The highest BCUT2D eigenvalue weighted by atomic mass is 32.1. The maximum atomic E-state index is 12.2. The topological polar surface area (TPSA) is 67.8 Å². The lowest BCUT2D eigenvalue weighted by Crippen LogP contribution is -2.11. The van der Waals surface area contributed by atoms with Gasteiger partial charge in [-0.2, -0.15) is 0 Å². The van der Waals surface area contributed by atoms with E-state index in [2.05, 4.69) is 27.2 Å². The minimum absolute atomic E-state index is 0.196. The number of aryl methyl sites for hydroxylation is 1. The van der Waals surface area contributed by atoms with Crippen LogP contribution in [0.5, 0.6) is 0 Å². The first-order valence-electron chi connectivity index (χ1n) is 8.90. The SMILES string of the molecule is CCC1CCc2nc(NC(=O)/C=C/c3cnc4ccccc4n3)sc2C1. The monoisotopic (exact) mass is 364 g/mol. The second-order valence-corrected chi connectivity index (χ2v) is 7.60. The number of nitrogens with one attached hydrogen (secondary N) is 1. The van der Waals surface area contributed by atoms with E-state index in [1.54, 1.807) is 23.6 Å². The number of rotatable bonds is 4. The summed E-state index contributed by atoms with van der Waals surface area (Å²) in [5, 5.41) is 3.56. The van der Waals surface area contributed by atoms with Gasteiger partial charge in [-0.15, -0.1) is 11.3 Å². The van der Waals surface area contributed by atoms with Crippen molar-refractivity contribution < 1.29 is 4.79 Å². The Morgan fingerprint density at radius 2 is 2.15 bits per heavy atom. The van der Waals surface area contributed by atoms with E-state index in [0.29, 0.717) is 10.8 Å². The fourth-order valence-corrected chi connectivity index (χ4v) is 4.33. The predicted octanol–water partition coefficient (Wildman–Crippen LogP) is 4.25. The Labute approximate surface area is 156 Å². The second-order valence-electron chi connectivity index (χ2n) is 6.51. The predicted molar refractivity (Wildman–Crippen MR) is 105 cm³/mol. The number of thiazole rings is 1. The maximum Gasteiger partial charge on any atom is 0.250 e. The van der Waals surface area contributed by atoms with Gasteiger partial charge in [-0.05, 0) is 43.4 Å². The van der Waals surface area contributed by atoms with Gasteiger partial charge in [0, 0.05) is 11.0 Å². The lowest BCUT2D eigenvalue weighted by atomic mass is 9.89.